The molecule has 2 aromatic rings. The summed E-state index contributed by atoms with van der Waals surface area (Å²) in [7, 11) is 0. The first-order chi connectivity index (χ1) is 14.9. The van der Waals surface area contributed by atoms with Gasteiger partial charge in [0.25, 0.3) is 0 Å². The highest BCUT2D eigenvalue weighted by Crippen LogP contribution is 2.17. The second kappa shape index (κ2) is 10.9. The van der Waals surface area contributed by atoms with E-state index in [9.17, 15) is 9.59 Å². The molecular formula is C22H31N5O4. The van der Waals surface area contributed by atoms with Crippen LogP contribution in [0.2, 0.25) is 0 Å². The standard InChI is InChI=1S/C22H31N5O4/c1-16-5-6-19(17(2)13-16)23-22(29)27(8-4-7-26-9-11-30-12-10-26)15-21(28)24-20-14-18(3)31-25-20/h5-6,13-14H,4,7-12,15H2,1-3H3,(H,23,29)(H,24,25,28). The molecule has 168 valence electrons. The van der Waals surface area contributed by atoms with E-state index in [2.05, 4.69) is 20.7 Å². The van der Waals surface area contributed by atoms with Crippen molar-refractivity contribution in [1.29, 1.82) is 0 Å². The number of morpholine rings is 1. The van der Waals surface area contributed by atoms with Gasteiger partial charge in [0, 0.05) is 37.9 Å². The number of hydrogen-bond donors (Lipinski definition) is 2. The molecule has 3 amide bonds. The summed E-state index contributed by atoms with van der Waals surface area (Å²) >= 11 is 0. The highest BCUT2D eigenvalue weighted by molar-refractivity contribution is 5.96. The van der Waals surface area contributed by atoms with Crippen LogP contribution < -0.4 is 10.6 Å². The van der Waals surface area contributed by atoms with Gasteiger partial charge in [0.2, 0.25) is 5.91 Å². The monoisotopic (exact) mass is 429 g/mol. The number of carbonyl (C=O) groups is 2. The number of benzene rings is 1. The lowest BCUT2D eigenvalue weighted by molar-refractivity contribution is -0.116. The SMILES string of the molecule is Cc1ccc(NC(=O)N(CCCN2CCOCC2)CC(=O)Nc2cc(C)on2)c(C)c1. The third-order valence-corrected chi connectivity index (χ3v) is 5.15. The molecule has 0 saturated carbocycles. The summed E-state index contributed by atoms with van der Waals surface area (Å²) in [6.45, 7) is 10.2. The fourth-order valence-electron chi connectivity index (χ4n) is 3.49. The van der Waals surface area contributed by atoms with Crippen molar-refractivity contribution < 1.29 is 18.8 Å². The van der Waals surface area contributed by atoms with E-state index in [0.717, 1.165) is 56.1 Å². The van der Waals surface area contributed by atoms with Crippen LogP contribution in [-0.4, -0.2) is 72.8 Å². The zero-order chi connectivity index (χ0) is 22.2. The lowest BCUT2D eigenvalue weighted by Gasteiger charge is -2.28. The van der Waals surface area contributed by atoms with E-state index in [0.29, 0.717) is 18.1 Å². The number of ether oxygens (including phenoxy) is 1. The van der Waals surface area contributed by atoms with Crippen LogP contribution in [0.4, 0.5) is 16.3 Å². The Morgan fingerprint density at radius 2 is 1.90 bits per heavy atom. The minimum Gasteiger partial charge on any atom is -0.379 e. The average Bonchev–Trinajstić information content (AvgIpc) is 3.14. The molecule has 2 N–H and O–H groups in total. The number of nitrogens with one attached hydrogen (secondary N) is 2. The molecule has 0 aliphatic carbocycles. The molecule has 1 aliphatic rings. The first-order valence-corrected chi connectivity index (χ1v) is 10.6. The van der Waals surface area contributed by atoms with Gasteiger partial charge in [0.1, 0.15) is 12.3 Å². The van der Waals surface area contributed by atoms with E-state index in [1.54, 1.807) is 13.0 Å². The maximum atomic E-state index is 13.0. The second-order valence-corrected chi connectivity index (χ2v) is 7.85. The summed E-state index contributed by atoms with van der Waals surface area (Å²) in [5, 5.41) is 9.39. The number of nitrogens with zero attached hydrogens (tertiary/aromatic N) is 3. The molecule has 9 nitrogen and oxygen atoms in total. The molecule has 0 bridgehead atoms. The molecule has 1 aliphatic heterocycles. The van der Waals surface area contributed by atoms with Crippen LogP contribution in [-0.2, 0) is 9.53 Å². The Kier molecular flexibility index (Phi) is 8.02. The number of aromatic nitrogens is 1. The molecule has 0 spiro atoms. The Hall–Kier alpha value is -2.91. The van der Waals surface area contributed by atoms with Gasteiger partial charge in [0.15, 0.2) is 5.82 Å². The third-order valence-electron chi connectivity index (χ3n) is 5.15. The van der Waals surface area contributed by atoms with E-state index in [1.165, 1.54) is 4.90 Å². The molecule has 1 aromatic carbocycles. The number of aryl methyl sites for hydroxylation is 3. The number of amides is 3. The van der Waals surface area contributed by atoms with Gasteiger partial charge < -0.3 is 24.8 Å². The Labute approximate surface area is 182 Å². The Morgan fingerprint density at radius 1 is 1.13 bits per heavy atom. The van der Waals surface area contributed by atoms with Crippen LogP contribution in [0.15, 0.2) is 28.8 Å². The normalized spacial score (nSPS) is 14.3. The van der Waals surface area contributed by atoms with Crippen molar-refractivity contribution in [2.24, 2.45) is 0 Å². The molecule has 0 radical (unpaired) electrons. The van der Waals surface area contributed by atoms with Gasteiger partial charge in [-0.2, -0.15) is 0 Å². The zero-order valence-corrected chi connectivity index (χ0v) is 18.4. The van der Waals surface area contributed by atoms with E-state index in [-0.39, 0.29) is 18.5 Å². The van der Waals surface area contributed by atoms with E-state index in [1.807, 2.05) is 32.0 Å². The molecule has 1 fully saturated rings. The zero-order valence-electron chi connectivity index (χ0n) is 18.4. The summed E-state index contributed by atoms with van der Waals surface area (Å²) in [5.41, 5.74) is 2.84. The molecule has 1 saturated heterocycles. The topological polar surface area (TPSA) is 99.9 Å². The lowest BCUT2D eigenvalue weighted by atomic mass is 10.1. The summed E-state index contributed by atoms with van der Waals surface area (Å²) < 4.78 is 10.4. The van der Waals surface area contributed by atoms with Gasteiger partial charge in [-0.05, 0) is 38.8 Å². The van der Waals surface area contributed by atoms with Gasteiger partial charge in [-0.1, -0.05) is 22.9 Å². The van der Waals surface area contributed by atoms with Crippen molar-refractivity contribution in [2.75, 3.05) is 56.6 Å². The molecule has 2 heterocycles. The van der Waals surface area contributed by atoms with Gasteiger partial charge in [-0.25, -0.2) is 4.79 Å². The molecule has 3 rings (SSSR count). The van der Waals surface area contributed by atoms with Crippen molar-refractivity contribution in [1.82, 2.24) is 15.0 Å². The van der Waals surface area contributed by atoms with Crippen LogP contribution in [0.3, 0.4) is 0 Å². The van der Waals surface area contributed by atoms with E-state index < -0.39 is 0 Å². The smallest absolute Gasteiger partial charge is 0.322 e. The van der Waals surface area contributed by atoms with Gasteiger partial charge in [-0.15, -0.1) is 0 Å². The predicted octanol–water partition coefficient (Wildman–Crippen LogP) is 2.79. The minimum absolute atomic E-state index is 0.0776. The van der Waals surface area contributed by atoms with Crippen molar-refractivity contribution in [2.45, 2.75) is 27.2 Å². The molecular weight excluding hydrogens is 398 g/mol. The van der Waals surface area contributed by atoms with Crippen molar-refractivity contribution in [3.8, 4) is 0 Å². The van der Waals surface area contributed by atoms with Crippen molar-refractivity contribution >= 4 is 23.4 Å². The van der Waals surface area contributed by atoms with Gasteiger partial charge >= 0.3 is 6.03 Å². The fourth-order valence-corrected chi connectivity index (χ4v) is 3.49. The van der Waals surface area contributed by atoms with Crippen LogP contribution >= 0.6 is 0 Å². The lowest BCUT2D eigenvalue weighted by Crippen LogP contribution is -2.43. The molecule has 9 heteroatoms. The quantitative estimate of drug-likeness (QED) is 0.669. The first kappa shape index (κ1) is 22.8. The average molecular weight is 430 g/mol. The summed E-state index contributed by atoms with van der Waals surface area (Å²) in [6.07, 6.45) is 0.761. The molecule has 1 aromatic heterocycles. The maximum Gasteiger partial charge on any atom is 0.322 e. The summed E-state index contributed by atoms with van der Waals surface area (Å²) in [4.78, 5) is 29.4. The predicted molar refractivity (Wildman–Crippen MR) is 118 cm³/mol. The van der Waals surface area contributed by atoms with E-state index in [4.69, 9.17) is 9.26 Å². The van der Waals surface area contributed by atoms with Gasteiger partial charge in [0.05, 0.1) is 13.2 Å². The molecule has 0 unspecified atom stereocenters. The highest BCUT2D eigenvalue weighted by Gasteiger charge is 2.20. The Balaban J connectivity index is 1.61. The summed E-state index contributed by atoms with van der Waals surface area (Å²) in [6, 6.07) is 7.17. The Morgan fingerprint density at radius 3 is 2.58 bits per heavy atom. The van der Waals surface area contributed by atoms with Crippen LogP contribution in [0.5, 0.6) is 0 Å². The third kappa shape index (κ3) is 7.08. The molecule has 31 heavy (non-hydrogen) atoms. The second-order valence-electron chi connectivity index (χ2n) is 7.85. The van der Waals surface area contributed by atoms with Crippen LogP contribution in [0.1, 0.15) is 23.3 Å². The van der Waals surface area contributed by atoms with Crippen LogP contribution in [0, 0.1) is 20.8 Å². The van der Waals surface area contributed by atoms with Gasteiger partial charge in [-0.3, -0.25) is 9.69 Å². The minimum atomic E-state index is -0.324. The van der Waals surface area contributed by atoms with Crippen molar-refractivity contribution in [3.63, 3.8) is 0 Å². The van der Waals surface area contributed by atoms with Crippen LogP contribution in [0.25, 0.3) is 0 Å². The van der Waals surface area contributed by atoms with E-state index >= 15 is 0 Å². The summed E-state index contributed by atoms with van der Waals surface area (Å²) in [5.74, 6) is 0.617. The first-order valence-electron chi connectivity index (χ1n) is 10.6. The fraction of sp³-hybridized carbons (Fsp3) is 0.500. The number of anilines is 2. The Bertz CT molecular complexity index is 892. The number of hydrogen-bond acceptors (Lipinski definition) is 6. The maximum absolute atomic E-state index is 13.0. The molecule has 0 atom stereocenters. The van der Waals surface area contributed by atoms with Crippen molar-refractivity contribution in [3.05, 3.63) is 41.2 Å². The number of urea groups is 1. The number of rotatable bonds is 8. The largest absolute Gasteiger partial charge is 0.379 e. The highest BCUT2D eigenvalue weighted by atomic mass is 16.5. The number of carbonyl (C=O) groups excluding carboxylic acids is 2.